The average Bonchev–Trinajstić information content (AvgIpc) is 3.21. The fourth-order valence-electron chi connectivity index (χ4n) is 5.59. The minimum Gasteiger partial charge on any atom is -0.492 e. The molecule has 8 heteroatoms. The number of hydrogen-bond donors (Lipinski definition) is 3. The maximum atomic E-state index is 13.3. The summed E-state index contributed by atoms with van der Waals surface area (Å²) in [6.07, 6.45) is 7.70. The number of fused-ring (bicyclic) bond motifs is 1. The number of likely N-dealkylation sites (N-methyl/N-ethyl adjacent to an activating group) is 1. The number of nitroso groups, excluding NO2 is 1. The van der Waals surface area contributed by atoms with E-state index in [4.69, 9.17) is 9.47 Å². The lowest BCUT2D eigenvalue weighted by atomic mass is 9.96. The lowest BCUT2D eigenvalue weighted by molar-refractivity contribution is -0.637. The van der Waals surface area contributed by atoms with Crippen molar-refractivity contribution in [1.29, 1.82) is 0 Å². The standard InChI is InChI=1S/C26H40N5O3/c1-18-14-24(27-17-19-6-11-33-12-7-19)31(32)26(28-18)29-22-15-21-8-13-34-25(21)23(16-22)20-4-3-9-30(2)10-5-20/h5,15-16,18-19,24,26-29H,3-4,6-14,17H2,1-2H3/q+1. The SMILES string of the molecule is CC1CC(NCC2CCOCC2)[N+](=O)C(Nc2cc3c(c(C4=CCN(C)CCC4)c2)OCC3)N1. The maximum absolute atomic E-state index is 13.3. The molecule has 3 atom stereocenters. The van der Waals surface area contributed by atoms with Crippen molar-refractivity contribution >= 4 is 11.3 Å². The Balaban J connectivity index is 1.31. The molecule has 2 saturated heterocycles. The predicted octanol–water partition coefficient (Wildman–Crippen LogP) is 2.93. The highest BCUT2D eigenvalue weighted by Crippen LogP contribution is 2.39. The molecule has 4 heterocycles. The Morgan fingerprint density at radius 1 is 1.21 bits per heavy atom. The van der Waals surface area contributed by atoms with E-state index in [1.165, 1.54) is 21.5 Å². The van der Waals surface area contributed by atoms with E-state index in [0.717, 1.165) is 89.4 Å². The molecule has 0 amide bonds. The van der Waals surface area contributed by atoms with E-state index in [2.05, 4.69) is 53.0 Å². The molecule has 3 N–H and O–H groups in total. The molecule has 2 fully saturated rings. The Labute approximate surface area is 203 Å². The van der Waals surface area contributed by atoms with Gasteiger partial charge in [-0.3, -0.25) is 5.32 Å². The highest BCUT2D eigenvalue weighted by Gasteiger charge is 2.41. The van der Waals surface area contributed by atoms with Gasteiger partial charge in [-0.05, 0) is 69.8 Å². The zero-order valence-corrected chi connectivity index (χ0v) is 20.6. The molecular formula is C26H40N5O3+. The zero-order chi connectivity index (χ0) is 23.5. The lowest BCUT2D eigenvalue weighted by Gasteiger charge is -2.30. The van der Waals surface area contributed by atoms with E-state index in [1.54, 1.807) is 0 Å². The molecule has 34 heavy (non-hydrogen) atoms. The molecule has 4 aliphatic rings. The number of ether oxygens (including phenoxy) is 2. The smallest absolute Gasteiger partial charge is 0.335 e. The minimum absolute atomic E-state index is 0.200. The first kappa shape index (κ1) is 23.7. The summed E-state index contributed by atoms with van der Waals surface area (Å²) in [6, 6.07) is 4.59. The summed E-state index contributed by atoms with van der Waals surface area (Å²) in [5.74, 6) is 1.62. The van der Waals surface area contributed by atoms with Gasteiger partial charge in [0.2, 0.25) is 0 Å². The van der Waals surface area contributed by atoms with Gasteiger partial charge in [-0.25, -0.2) is 5.32 Å². The molecular weight excluding hydrogens is 430 g/mol. The van der Waals surface area contributed by atoms with Gasteiger partial charge in [0.15, 0.2) is 0 Å². The summed E-state index contributed by atoms with van der Waals surface area (Å²) in [5, 5.41) is 10.5. The molecule has 0 aromatic heterocycles. The number of nitrogens with one attached hydrogen (secondary N) is 3. The van der Waals surface area contributed by atoms with Crippen molar-refractivity contribution in [3.05, 3.63) is 34.2 Å². The van der Waals surface area contributed by atoms with E-state index in [1.807, 2.05) is 0 Å². The Bertz CT molecular complexity index is 914. The van der Waals surface area contributed by atoms with Crippen LogP contribution < -0.4 is 20.7 Å². The average molecular weight is 471 g/mol. The van der Waals surface area contributed by atoms with Gasteiger partial charge in [-0.1, -0.05) is 6.08 Å². The van der Waals surface area contributed by atoms with E-state index in [0.29, 0.717) is 5.92 Å². The Kier molecular flexibility index (Phi) is 7.49. The van der Waals surface area contributed by atoms with Crippen molar-refractivity contribution in [2.24, 2.45) is 5.92 Å². The fraction of sp³-hybridized carbons (Fsp3) is 0.692. The third-order valence-corrected chi connectivity index (χ3v) is 7.63. The third kappa shape index (κ3) is 5.46. The highest BCUT2D eigenvalue weighted by atomic mass is 16.5. The van der Waals surface area contributed by atoms with Gasteiger partial charge in [0.25, 0.3) is 6.17 Å². The molecule has 0 spiro atoms. The molecule has 0 radical (unpaired) electrons. The highest BCUT2D eigenvalue weighted by molar-refractivity contribution is 5.76. The van der Waals surface area contributed by atoms with Crippen LogP contribution in [0.1, 0.15) is 50.2 Å². The minimum atomic E-state index is -0.474. The van der Waals surface area contributed by atoms with Crippen molar-refractivity contribution in [1.82, 2.24) is 15.5 Å². The quantitative estimate of drug-likeness (QED) is 0.552. The molecule has 4 aliphatic heterocycles. The number of allylic oxidation sites excluding steroid dienone is 1. The van der Waals surface area contributed by atoms with E-state index in [9.17, 15) is 4.91 Å². The van der Waals surface area contributed by atoms with Crippen molar-refractivity contribution in [2.75, 3.05) is 51.8 Å². The second kappa shape index (κ2) is 10.7. The second-order valence-corrected chi connectivity index (χ2v) is 10.4. The summed E-state index contributed by atoms with van der Waals surface area (Å²) in [5.41, 5.74) is 4.75. The van der Waals surface area contributed by atoms with Crippen LogP contribution >= 0.6 is 0 Å². The normalized spacial score (nSPS) is 28.7. The molecule has 0 saturated carbocycles. The maximum Gasteiger partial charge on any atom is 0.335 e. The van der Waals surface area contributed by atoms with Gasteiger partial charge in [-0.2, -0.15) is 0 Å². The molecule has 1 aromatic rings. The van der Waals surface area contributed by atoms with Gasteiger partial charge in [0.1, 0.15) is 5.75 Å². The summed E-state index contributed by atoms with van der Waals surface area (Å²) in [7, 11) is 2.17. The second-order valence-electron chi connectivity index (χ2n) is 10.4. The monoisotopic (exact) mass is 470 g/mol. The molecule has 186 valence electrons. The van der Waals surface area contributed by atoms with Crippen LogP contribution in [0.5, 0.6) is 5.75 Å². The van der Waals surface area contributed by atoms with E-state index >= 15 is 0 Å². The molecule has 0 aliphatic carbocycles. The zero-order valence-electron chi connectivity index (χ0n) is 20.6. The van der Waals surface area contributed by atoms with Gasteiger partial charge >= 0.3 is 6.29 Å². The number of anilines is 1. The van der Waals surface area contributed by atoms with Crippen LogP contribution in [0.25, 0.3) is 5.57 Å². The fourth-order valence-corrected chi connectivity index (χ4v) is 5.59. The van der Waals surface area contributed by atoms with Gasteiger partial charge in [0.05, 0.1) is 11.4 Å². The number of benzene rings is 1. The molecule has 3 unspecified atom stereocenters. The number of hydrogen-bond acceptors (Lipinski definition) is 7. The molecule has 0 bridgehead atoms. The van der Waals surface area contributed by atoms with Crippen LogP contribution in [-0.2, 0) is 11.2 Å². The van der Waals surface area contributed by atoms with Crippen LogP contribution in [0.4, 0.5) is 5.69 Å². The Morgan fingerprint density at radius 2 is 2.06 bits per heavy atom. The summed E-state index contributed by atoms with van der Waals surface area (Å²) >= 11 is 0. The largest absolute Gasteiger partial charge is 0.492 e. The molecule has 8 nitrogen and oxygen atoms in total. The predicted molar refractivity (Wildman–Crippen MR) is 134 cm³/mol. The van der Waals surface area contributed by atoms with Gasteiger partial charge in [0, 0.05) is 66.9 Å². The van der Waals surface area contributed by atoms with E-state index in [-0.39, 0.29) is 12.2 Å². The lowest BCUT2D eigenvalue weighted by Crippen LogP contribution is -2.61. The summed E-state index contributed by atoms with van der Waals surface area (Å²) < 4.78 is 12.7. The number of rotatable bonds is 6. The van der Waals surface area contributed by atoms with Crippen molar-refractivity contribution in [3.8, 4) is 5.75 Å². The van der Waals surface area contributed by atoms with Gasteiger partial charge in [-0.15, -0.1) is 0 Å². The van der Waals surface area contributed by atoms with Crippen molar-refractivity contribution < 1.29 is 14.2 Å². The first-order valence-electron chi connectivity index (χ1n) is 13.0. The number of nitrogens with zero attached hydrogens (tertiary/aromatic N) is 2. The van der Waals surface area contributed by atoms with Crippen LogP contribution in [-0.4, -0.2) is 74.7 Å². The third-order valence-electron chi connectivity index (χ3n) is 7.63. The van der Waals surface area contributed by atoms with Crippen LogP contribution in [0.15, 0.2) is 18.2 Å². The van der Waals surface area contributed by atoms with Crippen molar-refractivity contribution in [3.63, 3.8) is 0 Å². The van der Waals surface area contributed by atoms with Crippen LogP contribution in [0.2, 0.25) is 0 Å². The Hall–Kier alpha value is -2.00. The topological polar surface area (TPSA) is 77.9 Å². The van der Waals surface area contributed by atoms with E-state index < -0.39 is 6.29 Å². The molecule has 1 aromatic carbocycles. The molecule has 5 rings (SSSR count). The summed E-state index contributed by atoms with van der Waals surface area (Å²) in [6.45, 7) is 7.48. The van der Waals surface area contributed by atoms with Crippen LogP contribution in [0.3, 0.4) is 0 Å². The Morgan fingerprint density at radius 3 is 2.91 bits per heavy atom. The summed E-state index contributed by atoms with van der Waals surface area (Å²) in [4.78, 5) is 15.7. The van der Waals surface area contributed by atoms with Gasteiger partial charge < -0.3 is 19.7 Å². The van der Waals surface area contributed by atoms with Crippen LogP contribution in [0, 0.1) is 10.8 Å². The first-order chi connectivity index (χ1) is 16.6. The van der Waals surface area contributed by atoms with Crippen molar-refractivity contribution in [2.45, 2.75) is 63.9 Å². The first-order valence-corrected chi connectivity index (χ1v) is 13.0.